The van der Waals surface area contributed by atoms with E-state index in [-0.39, 0.29) is 12.4 Å². The van der Waals surface area contributed by atoms with Crippen LogP contribution in [0, 0.1) is 5.82 Å². The van der Waals surface area contributed by atoms with Gasteiger partial charge in [0, 0.05) is 24.1 Å². The molecule has 0 aliphatic carbocycles. The van der Waals surface area contributed by atoms with E-state index in [2.05, 4.69) is 32.5 Å². The SMILES string of the molecule is CCCCc1nc(Cl)c(CO)n1Cc1ccc(-c2ccccc2-c2nn[nH]n2)c(F)c1. The van der Waals surface area contributed by atoms with Crippen LogP contribution >= 0.6 is 11.6 Å². The van der Waals surface area contributed by atoms with Crippen LogP contribution in [0.2, 0.25) is 5.15 Å². The van der Waals surface area contributed by atoms with Gasteiger partial charge in [0.2, 0.25) is 5.82 Å². The predicted octanol–water partition coefficient (Wildman–Crippen LogP) is 4.41. The molecule has 9 heteroatoms. The summed E-state index contributed by atoms with van der Waals surface area (Å²) in [5.41, 5.74) is 3.10. The molecule has 4 rings (SSSR count). The molecule has 0 unspecified atom stereocenters. The van der Waals surface area contributed by atoms with Crippen molar-refractivity contribution in [2.75, 3.05) is 0 Å². The van der Waals surface area contributed by atoms with Crippen molar-refractivity contribution in [2.24, 2.45) is 0 Å². The summed E-state index contributed by atoms with van der Waals surface area (Å²) in [5.74, 6) is 0.837. The number of aryl methyl sites for hydroxylation is 1. The summed E-state index contributed by atoms with van der Waals surface area (Å²) in [6, 6.07) is 12.4. The molecule has 0 radical (unpaired) electrons. The van der Waals surface area contributed by atoms with Gasteiger partial charge in [-0.2, -0.15) is 5.21 Å². The minimum atomic E-state index is -0.361. The van der Waals surface area contributed by atoms with Gasteiger partial charge in [-0.1, -0.05) is 61.3 Å². The third-order valence-electron chi connectivity index (χ3n) is 5.18. The third-order valence-corrected chi connectivity index (χ3v) is 5.49. The standard InChI is InChI=1S/C22H22ClFN6O/c1-2-3-8-20-25-21(23)19(13-31)30(20)12-14-9-10-16(18(24)11-14)15-6-4-5-7-17(15)22-26-28-29-27-22/h4-7,9-11,31H,2-3,8,12-13H2,1H3,(H,26,27,28,29). The Labute approximate surface area is 183 Å². The smallest absolute Gasteiger partial charge is 0.205 e. The van der Waals surface area contributed by atoms with Crippen LogP contribution in [0.3, 0.4) is 0 Å². The summed E-state index contributed by atoms with van der Waals surface area (Å²) in [6.07, 6.45) is 2.72. The number of nitrogens with one attached hydrogen (secondary N) is 1. The van der Waals surface area contributed by atoms with Gasteiger partial charge in [-0.3, -0.25) is 0 Å². The quantitative estimate of drug-likeness (QED) is 0.423. The fourth-order valence-electron chi connectivity index (χ4n) is 3.62. The maximum atomic E-state index is 15.2. The van der Waals surface area contributed by atoms with E-state index >= 15 is 4.39 Å². The minimum Gasteiger partial charge on any atom is -0.390 e. The summed E-state index contributed by atoms with van der Waals surface area (Å²) in [5, 5.41) is 24.1. The van der Waals surface area contributed by atoms with E-state index in [4.69, 9.17) is 11.6 Å². The van der Waals surface area contributed by atoms with Crippen molar-refractivity contribution in [3.8, 4) is 22.5 Å². The first-order valence-electron chi connectivity index (χ1n) is 10.1. The summed E-state index contributed by atoms with van der Waals surface area (Å²) < 4.78 is 17.1. The van der Waals surface area contributed by atoms with Crippen LogP contribution < -0.4 is 0 Å². The Morgan fingerprint density at radius 1 is 1.13 bits per heavy atom. The second-order valence-corrected chi connectivity index (χ2v) is 7.57. The lowest BCUT2D eigenvalue weighted by Gasteiger charge is -2.13. The highest BCUT2D eigenvalue weighted by atomic mass is 35.5. The van der Waals surface area contributed by atoms with Crippen LogP contribution in [0.25, 0.3) is 22.5 Å². The number of aromatic nitrogens is 6. The average Bonchev–Trinajstić information content (AvgIpc) is 3.41. The summed E-state index contributed by atoms with van der Waals surface area (Å²) in [7, 11) is 0. The fourth-order valence-corrected chi connectivity index (χ4v) is 3.87. The Morgan fingerprint density at radius 2 is 1.94 bits per heavy atom. The van der Waals surface area contributed by atoms with E-state index in [1.54, 1.807) is 6.07 Å². The topological polar surface area (TPSA) is 92.5 Å². The second kappa shape index (κ2) is 9.36. The highest BCUT2D eigenvalue weighted by Gasteiger charge is 2.17. The number of aliphatic hydroxyl groups is 1. The molecule has 2 aromatic heterocycles. The lowest BCUT2D eigenvalue weighted by Crippen LogP contribution is -2.09. The zero-order valence-corrected chi connectivity index (χ0v) is 17.8. The van der Waals surface area contributed by atoms with E-state index in [1.807, 2.05) is 34.9 Å². The number of nitrogens with zero attached hydrogens (tertiary/aromatic N) is 5. The Hall–Kier alpha value is -3.10. The van der Waals surface area contributed by atoms with Gasteiger partial charge in [-0.05, 0) is 28.8 Å². The van der Waals surface area contributed by atoms with Gasteiger partial charge in [-0.15, -0.1) is 10.2 Å². The Bertz CT molecular complexity index is 1170. The average molecular weight is 441 g/mol. The van der Waals surface area contributed by atoms with Gasteiger partial charge in [0.1, 0.15) is 11.6 Å². The van der Waals surface area contributed by atoms with Crippen molar-refractivity contribution in [3.63, 3.8) is 0 Å². The third kappa shape index (κ3) is 4.35. The number of H-pyrrole nitrogens is 1. The summed E-state index contributed by atoms with van der Waals surface area (Å²) in [6.45, 7) is 2.25. The number of benzene rings is 2. The molecule has 0 saturated carbocycles. The first-order valence-corrected chi connectivity index (χ1v) is 10.5. The van der Waals surface area contributed by atoms with E-state index in [9.17, 15) is 5.11 Å². The van der Waals surface area contributed by atoms with E-state index in [0.717, 1.165) is 30.7 Å². The number of hydrogen-bond acceptors (Lipinski definition) is 5. The van der Waals surface area contributed by atoms with Crippen molar-refractivity contribution < 1.29 is 9.50 Å². The molecule has 31 heavy (non-hydrogen) atoms. The molecule has 160 valence electrons. The first kappa shape index (κ1) is 21.1. The van der Waals surface area contributed by atoms with Crippen molar-refractivity contribution in [3.05, 3.63) is 70.5 Å². The van der Waals surface area contributed by atoms with Crippen LogP contribution in [-0.2, 0) is 19.6 Å². The Morgan fingerprint density at radius 3 is 2.61 bits per heavy atom. The van der Waals surface area contributed by atoms with Crippen LogP contribution in [-0.4, -0.2) is 35.3 Å². The van der Waals surface area contributed by atoms with Gasteiger partial charge in [0.15, 0.2) is 5.15 Å². The van der Waals surface area contributed by atoms with Gasteiger partial charge in [0.25, 0.3) is 0 Å². The van der Waals surface area contributed by atoms with E-state index in [0.29, 0.717) is 39.9 Å². The maximum Gasteiger partial charge on any atom is 0.205 e. The monoisotopic (exact) mass is 440 g/mol. The molecular formula is C22H22ClFN6O. The lowest BCUT2D eigenvalue weighted by atomic mass is 9.97. The molecular weight excluding hydrogens is 419 g/mol. The fraction of sp³-hybridized carbons (Fsp3) is 0.273. The van der Waals surface area contributed by atoms with Crippen LogP contribution in [0.1, 0.15) is 36.8 Å². The number of imidazole rings is 1. The molecule has 0 bridgehead atoms. The minimum absolute atomic E-state index is 0.226. The molecule has 0 amide bonds. The highest BCUT2D eigenvalue weighted by molar-refractivity contribution is 6.30. The Balaban J connectivity index is 1.68. The highest BCUT2D eigenvalue weighted by Crippen LogP contribution is 2.32. The van der Waals surface area contributed by atoms with Gasteiger partial charge < -0.3 is 9.67 Å². The van der Waals surface area contributed by atoms with Crippen LogP contribution in [0.15, 0.2) is 42.5 Å². The zero-order chi connectivity index (χ0) is 21.8. The van der Waals surface area contributed by atoms with Crippen molar-refractivity contribution in [2.45, 2.75) is 39.3 Å². The maximum absolute atomic E-state index is 15.2. The molecule has 0 fully saturated rings. The van der Waals surface area contributed by atoms with Crippen LogP contribution in [0.5, 0.6) is 0 Å². The van der Waals surface area contributed by atoms with Crippen molar-refractivity contribution in [1.29, 1.82) is 0 Å². The molecule has 2 aromatic carbocycles. The molecule has 4 aromatic rings. The number of aromatic amines is 1. The first-order chi connectivity index (χ1) is 15.1. The number of hydrogen-bond donors (Lipinski definition) is 2. The number of unbranched alkanes of at least 4 members (excludes halogenated alkanes) is 1. The lowest BCUT2D eigenvalue weighted by molar-refractivity contribution is 0.271. The van der Waals surface area contributed by atoms with Gasteiger partial charge in [-0.25, -0.2) is 9.37 Å². The van der Waals surface area contributed by atoms with Gasteiger partial charge >= 0.3 is 0 Å². The predicted molar refractivity (Wildman–Crippen MR) is 116 cm³/mol. The molecule has 0 saturated heterocycles. The van der Waals surface area contributed by atoms with Crippen LogP contribution in [0.4, 0.5) is 4.39 Å². The molecule has 0 aliphatic rings. The van der Waals surface area contributed by atoms with Crippen molar-refractivity contribution >= 4 is 11.6 Å². The number of rotatable bonds is 8. The number of aliphatic hydroxyl groups excluding tert-OH is 1. The molecule has 2 heterocycles. The number of tetrazole rings is 1. The summed E-state index contributed by atoms with van der Waals surface area (Å²) >= 11 is 6.21. The zero-order valence-electron chi connectivity index (χ0n) is 17.0. The molecule has 0 spiro atoms. The van der Waals surface area contributed by atoms with E-state index < -0.39 is 0 Å². The molecule has 7 nitrogen and oxygen atoms in total. The molecule has 2 N–H and O–H groups in total. The van der Waals surface area contributed by atoms with E-state index in [1.165, 1.54) is 6.07 Å². The summed E-state index contributed by atoms with van der Waals surface area (Å²) in [4.78, 5) is 4.39. The molecule has 0 aliphatic heterocycles. The second-order valence-electron chi connectivity index (χ2n) is 7.21. The normalized spacial score (nSPS) is 11.2. The van der Waals surface area contributed by atoms with Crippen molar-refractivity contribution in [1.82, 2.24) is 30.2 Å². The number of halogens is 2. The molecule has 0 atom stereocenters. The van der Waals surface area contributed by atoms with Gasteiger partial charge in [0.05, 0.1) is 12.3 Å². The Kier molecular flexibility index (Phi) is 6.39. The largest absolute Gasteiger partial charge is 0.390 e.